The first-order valence-electron chi connectivity index (χ1n) is 8.36. The molecule has 0 bridgehead atoms. The molecule has 4 nitrogen and oxygen atoms in total. The van der Waals surface area contributed by atoms with Crippen molar-refractivity contribution in [2.75, 3.05) is 6.61 Å². The first kappa shape index (κ1) is 18.2. The average Bonchev–Trinajstić information content (AvgIpc) is 3.36. The minimum atomic E-state index is -0.243. The Balaban J connectivity index is 1.58. The summed E-state index contributed by atoms with van der Waals surface area (Å²) in [4.78, 5) is 1.10. The van der Waals surface area contributed by atoms with E-state index in [2.05, 4.69) is 36.8 Å². The van der Waals surface area contributed by atoms with Gasteiger partial charge in [-0.1, -0.05) is 39.8 Å². The maximum atomic E-state index is 13.3. The molecule has 2 aromatic heterocycles. The molecule has 3 heterocycles. The van der Waals surface area contributed by atoms with Crippen LogP contribution in [0.5, 0.6) is 0 Å². The Labute approximate surface area is 167 Å². The van der Waals surface area contributed by atoms with Crippen LogP contribution < -0.4 is 0 Å². The van der Waals surface area contributed by atoms with Crippen LogP contribution in [0.15, 0.2) is 45.3 Å². The second-order valence-corrected chi connectivity index (χ2v) is 8.80. The Morgan fingerprint density at radius 2 is 2.27 bits per heavy atom. The summed E-state index contributed by atoms with van der Waals surface area (Å²) in [7, 11) is 0. The van der Waals surface area contributed by atoms with Crippen molar-refractivity contribution in [3.05, 3.63) is 51.6 Å². The first-order chi connectivity index (χ1) is 12.7. The minimum absolute atomic E-state index is 0.210. The molecule has 136 valence electrons. The number of rotatable bonds is 6. The number of ether oxygens (including phenoxy) is 1. The molecule has 1 aliphatic rings. The fourth-order valence-electron chi connectivity index (χ4n) is 2.92. The molecule has 1 aliphatic heterocycles. The van der Waals surface area contributed by atoms with Gasteiger partial charge in [-0.15, -0.1) is 21.5 Å². The lowest BCUT2D eigenvalue weighted by atomic mass is 10.2. The molecule has 1 unspecified atom stereocenters. The van der Waals surface area contributed by atoms with Crippen molar-refractivity contribution >= 4 is 39.0 Å². The monoisotopic (exact) mass is 453 g/mol. The molecule has 1 fully saturated rings. The number of hydrogen-bond donors (Lipinski definition) is 0. The Kier molecular flexibility index (Phi) is 5.73. The third-order valence-electron chi connectivity index (χ3n) is 4.24. The molecule has 0 spiro atoms. The van der Waals surface area contributed by atoms with E-state index in [0.717, 1.165) is 51.9 Å². The first-order valence-corrected chi connectivity index (χ1v) is 11.0. The summed E-state index contributed by atoms with van der Waals surface area (Å²) in [6.07, 6.45) is 2.38. The van der Waals surface area contributed by atoms with Crippen LogP contribution >= 0.6 is 39.0 Å². The summed E-state index contributed by atoms with van der Waals surface area (Å²) in [5, 5.41) is 11.7. The van der Waals surface area contributed by atoms with Crippen LogP contribution in [0.1, 0.15) is 18.4 Å². The van der Waals surface area contributed by atoms with Crippen LogP contribution in [0.25, 0.3) is 10.7 Å². The van der Waals surface area contributed by atoms with Crippen molar-refractivity contribution in [2.24, 2.45) is 0 Å². The number of nitrogens with zero attached hydrogens (tertiary/aromatic N) is 3. The highest BCUT2D eigenvalue weighted by Gasteiger charge is 2.22. The lowest BCUT2D eigenvalue weighted by Crippen LogP contribution is -2.16. The van der Waals surface area contributed by atoms with E-state index in [1.54, 1.807) is 29.2 Å². The third-order valence-corrected chi connectivity index (χ3v) is 6.86. The molecule has 1 atom stereocenters. The van der Waals surface area contributed by atoms with E-state index in [0.29, 0.717) is 5.75 Å². The molecule has 0 amide bonds. The van der Waals surface area contributed by atoms with Gasteiger partial charge in [-0.3, -0.25) is 4.57 Å². The van der Waals surface area contributed by atoms with Gasteiger partial charge in [-0.2, -0.15) is 0 Å². The van der Waals surface area contributed by atoms with E-state index in [-0.39, 0.29) is 11.9 Å². The van der Waals surface area contributed by atoms with Gasteiger partial charge >= 0.3 is 0 Å². The van der Waals surface area contributed by atoms with Crippen molar-refractivity contribution in [2.45, 2.75) is 36.4 Å². The van der Waals surface area contributed by atoms with Gasteiger partial charge in [0, 0.05) is 16.8 Å². The molecule has 0 aliphatic carbocycles. The minimum Gasteiger partial charge on any atom is -0.376 e. The molecule has 4 rings (SSSR count). The largest absolute Gasteiger partial charge is 0.376 e. The van der Waals surface area contributed by atoms with Gasteiger partial charge < -0.3 is 4.74 Å². The van der Waals surface area contributed by atoms with E-state index >= 15 is 0 Å². The van der Waals surface area contributed by atoms with Gasteiger partial charge in [0.25, 0.3) is 0 Å². The lowest BCUT2D eigenvalue weighted by molar-refractivity contribution is 0.0953. The molecular formula is C18H17BrFN3OS2. The number of halogens is 2. The summed E-state index contributed by atoms with van der Waals surface area (Å²) < 4.78 is 22.0. The fraction of sp³-hybridized carbons (Fsp3) is 0.333. The maximum Gasteiger partial charge on any atom is 0.191 e. The highest BCUT2D eigenvalue weighted by atomic mass is 79.9. The van der Waals surface area contributed by atoms with E-state index < -0.39 is 0 Å². The Morgan fingerprint density at radius 1 is 1.35 bits per heavy atom. The molecular weight excluding hydrogens is 437 g/mol. The zero-order valence-electron chi connectivity index (χ0n) is 13.9. The van der Waals surface area contributed by atoms with Gasteiger partial charge in [0.15, 0.2) is 11.0 Å². The van der Waals surface area contributed by atoms with Crippen molar-refractivity contribution in [3.8, 4) is 10.7 Å². The summed E-state index contributed by atoms with van der Waals surface area (Å²) in [6.45, 7) is 1.58. The van der Waals surface area contributed by atoms with Crippen molar-refractivity contribution in [1.29, 1.82) is 0 Å². The maximum absolute atomic E-state index is 13.3. The second kappa shape index (κ2) is 8.21. The molecule has 3 aromatic rings. The summed E-state index contributed by atoms with van der Waals surface area (Å²) >= 11 is 6.70. The van der Waals surface area contributed by atoms with Crippen LogP contribution in [-0.2, 0) is 17.0 Å². The molecule has 1 saturated heterocycles. The molecule has 1 aromatic carbocycles. The smallest absolute Gasteiger partial charge is 0.191 e. The van der Waals surface area contributed by atoms with Crippen molar-refractivity contribution in [1.82, 2.24) is 14.8 Å². The fourth-order valence-corrected chi connectivity index (χ4v) is 5.27. The third kappa shape index (κ3) is 4.03. The second-order valence-electron chi connectivity index (χ2n) is 6.05. The standard InChI is InChI=1S/C18H17BrFN3OS2/c19-15-9-13(20)6-5-12(15)11-26-18-22-21-17(16-4-2-8-25-16)23(18)10-14-3-1-7-24-14/h2,4-6,8-9,14H,1,3,7,10-11H2. The number of aromatic nitrogens is 3. The van der Waals surface area contributed by atoms with Crippen molar-refractivity contribution < 1.29 is 9.13 Å². The number of thiophene rings is 1. The Hall–Kier alpha value is -1.22. The van der Waals surface area contributed by atoms with Crippen LogP contribution in [0.4, 0.5) is 4.39 Å². The lowest BCUT2D eigenvalue weighted by Gasteiger charge is -2.14. The van der Waals surface area contributed by atoms with Crippen LogP contribution in [0.3, 0.4) is 0 Å². The van der Waals surface area contributed by atoms with Crippen LogP contribution in [0, 0.1) is 5.82 Å². The van der Waals surface area contributed by atoms with E-state index in [1.165, 1.54) is 12.1 Å². The zero-order valence-corrected chi connectivity index (χ0v) is 17.1. The summed E-state index contributed by atoms with van der Waals surface area (Å²) in [5.74, 6) is 1.33. The Bertz CT molecular complexity index is 879. The van der Waals surface area contributed by atoms with Crippen molar-refractivity contribution in [3.63, 3.8) is 0 Å². The number of thioether (sulfide) groups is 1. The van der Waals surface area contributed by atoms with Crippen LogP contribution in [-0.4, -0.2) is 27.5 Å². The van der Waals surface area contributed by atoms with Crippen LogP contribution in [0.2, 0.25) is 0 Å². The predicted octanol–water partition coefficient (Wildman–Crippen LogP) is 5.38. The normalized spacial score (nSPS) is 17.1. The highest BCUT2D eigenvalue weighted by molar-refractivity contribution is 9.10. The molecule has 0 saturated carbocycles. The predicted molar refractivity (Wildman–Crippen MR) is 106 cm³/mol. The topological polar surface area (TPSA) is 39.9 Å². The van der Waals surface area contributed by atoms with E-state index in [4.69, 9.17) is 4.74 Å². The van der Waals surface area contributed by atoms with Gasteiger partial charge in [0.2, 0.25) is 0 Å². The number of benzene rings is 1. The molecule has 0 N–H and O–H groups in total. The summed E-state index contributed by atoms with van der Waals surface area (Å²) in [6, 6.07) is 8.85. The Morgan fingerprint density at radius 3 is 3.00 bits per heavy atom. The van der Waals surface area contributed by atoms with E-state index in [9.17, 15) is 4.39 Å². The molecule has 0 radical (unpaired) electrons. The zero-order chi connectivity index (χ0) is 17.9. The van der Waals surface area contributed by atoms with Gasteiger partial charge in [0.1, 0.15) is 5.82 Å². The van der Waals surface area contributed by atoms with E-state index in [1.807, 2.05) is 11.4 Å². The van der Waals surface area contributed by atoms with Gasteiger partial charge in [0.05, 0.1) is 17.5 Å². The quantitative estimate of drug-likeness (QED) is 0.469. The van der Waals surface area contributed by atoms with Gasteiger partial charge in [-0.25, -0.2) is 4.39 Å². The molecule has 8 heteroatoms. The summed E-state index contributed by atoms with van der Waals surface area (Å²) in [5.41, 5.74) is 1.03. The van der Waals surface area contributed by atoms with Gasteiger partial charge in [-0.05, 0) is 42.0 Å². The SMILES string of the molecule is Fc1ccc(CSc2nnc(-c3cccs3)n2CC2CCCO2)c(Br)c1. The average molecular weight is 454 g/mol. The highest BCUT2D eigenvalue weighted by Crippen LogP contribution is 2.31. The molecule has 26 heavy (non-hydrogen) atoms. The number of hydrogen-bond acceptors (Lipinski definition) is 5.